The number of thioether (sulfide) groups is 1. The Balaban J connectivity index is 1.77. The fourth-order valence-electron chi connectivity index (χ4n) is 1.87. The lowest BCUT2D eigenvalue weighted by Crippen LogP contribution is -2.44. The summed E-state index contributed by atoms with van der Waals surface area (Å²) < 4.78 is 31.3. The molecule has 24 heavy (non-hydrogen) atoms. The van der Waals surface area contributed by atoms with Crippen molar-refractivity contribution in [1.82, 2.24) is 10.4 Å². The minimum atomic E-state index is -1.16. The third kappa shape index (κ3) is 3.22. The largest absolute Gasteiger partial charge is 0.465 e. The summed E-state index contributed by atoms with van der Waals surface area (Å²) in [6, 6.07) is 5.99. The van der Waals surface area contributed by atoms with Crippen LogP contribution < -0.4 is 5.43 Å². The standard InChI is InChI=1S/C15H8F2N2O3S2/c16-10-4-3-8(6-11(10)17)13(20)18-19-14(21)12(24-15(19)23)7-9-2-1-5-22-9/h1-7H,(H,18,20). The van der Waals surface area contributed by atoms with Crippen molar-refractivity contribution in [1.29, 1.82) is 0 Å². The lowest BCUT2D eigenvalue weighted by Gasteiger charge is -2.15. The number of nitrogens with one attached hydrogen (secondary N) is 1. The third-order valence-electron chi connectivity index (χ3n) is 3.01. The van der Waals surface area contributed by atoms with Crippen LogP contribution in [-0.2, 0) is 4.79 Å². The second-order valence-corrected chi connectivity index (χ2v) is 6.28. The molecule has 0 aliphatic carbocycles. The first-order chi connectivity index (χ1) is 11.5. The number of halogens is 2. The molecule has 0 unspecified atom stereocenters. The van der Waals surface area contributed by atoms with E-state index in [2.05, 4.69) is 5.43 Å². The molecule has 1 aromatic carbocycles. The molecule has 0 radical (unpaired) electrons. The molecule has 0 atom stereocenters. The topological polar surface area (TPSA) is 62.6 Å². The van der Waals surface area contributed by atoms with E-state index in [9.17, 15) is 18.4 Å². The van der Waals surface area contributed by atoms with Gasteiger partial charge < -0.3 is 4.42 Å². The van der Waals surface area contributed by atoms with Gasteiger partial charge in [-0.2, -0.15) is 5.01 Å². The van der Waals surface area contributed by atoms with Gasteiger partial charge in [0, 0.05) is 11.6 Å². The van der Waals surface area contributed by atoms with Gasteiger partial charge in [0.15, 0.2) is 16.0 Å². The maximum Gasteiger partial charge on any atom is 0.285 e. The molecule has 2 heterocycles. The Morgan fingerprint density at radius 2 is 2.08 bits per heavy atom. The number of carbonyl (C=O) groups is 2. The molecule has 1 saturated heterocycles. The van der Waals surface area contributed by atoms with Gasteiger partial charge in [-0.1, -0.05) is 11.8 Å². The van der Waals surface area contributed by atoms with Gasteiger partial charge in [-0.05, 0) is 42.5 Å². The highest BCUT2D eigenvalue weighted by Crippen LogP contribution is 2.31. The Hall–Kier alpha value is -2.52. The number of hydrogen-bond acceptors (Lipinski definition) is 5. The third-order valence-corrected chi connectivity index (χ3v) is 4.31. The van der Waals surface area contributed by atoms with Crippen LogP contribution in [0.5, 0.6) is 0 Å². The second-order valence-electron chi connectivity index (χ2n) is 4.60. The van der Waals surface area contributed by atoms with Gasteiger partial charge in [-0.25, -0.2) is 8.78 Å². The maximum atomic E-state index is 13.2. The van der Waals surface area contributed by atoms with Crippen molar-refractivity contribution in [2.75, 3.05) is 0 Å². The number of benzene rings is 1. The van der Waals surface area contributed by atoms with Crippen molar-refractivity contribution in [3.05, 3.63) is 64.5 Å². The van der Waals surface area contributed by atoms with Gasteiger partial charge in [-0.15, -0.1) is 0 Å². The average molecular weight is 366 g/mol. The van der Waals surface area contributed by atoms with E-state index in [1.165, 1.54) is 12.3 Å². The molecular formula is C15H8F2N2O3S2. The first-order valence-electron chi connectivity index (χ1n) is 6.53. The molecule has 5 nitrogen and oxygen atoms in total. The van der Waals surface area contributed by atoms with Crippen molar-refractivity contribution in [3.63, 3.8) is 0 Å². The fourth-order valence-corrected chi connectivity index (χ4v) is 3.03. The number of amides is 2. The molecule has 1 N–H and O–H groups in total. The van der Waals surface area contributed by atoms with Crippen molar-refractivity contribution >= 4 is 46.2 Å². The predicted octanol–water partition coefficient (Wildman–Crippen LogP) is 3.10. The molecule has 3 rings (SSSR count). The van der Waals surface area contributed by atoms with E-state index in [1.54, 1.807) is 12.1 Å². The number of hydrogen-bond donors (Lipinski definition) is 1. The van der Waals surface area contributed by atoms with E-state index in [4.69, 9.17) is 16.6 Å². The normalized spacial score (nSPS) is 16.1. The van der Waals surface area contributed by atoms with Gasteiger partial charge >= 0.3 is 0 Å². The molecule has 0 bridgehead atoms. The van der Waals surface area contributed by atoms with Gasteiger partial charge in [0.25, 0.3) is 11.8 Å². The predicted molar refractivity (Wildman–Crippen MR) is 87.5 cm³/mol. The summed E-state index contributed by atoms with van der Waals surface area (Å²) in [5.74, 6) is -3.10. The highest BCUT2D eigenvalue weighted by molar-refractivity contribution is 8.26. The van der Waals surface area contributed by atoms with Crippen LogP contribution in [0.2, 0.25) is 0 Å². The number of furan rings is 1. The fraction of sp³-hybridized carbons (Fsp3) is 0. The number of thiocarbonyl (C=S) groups is 1. The van der Waals surface area contributed by atoms with Crippen LogP contribution in [0.1, 0.15) is 16.1 Å². The van der Waals surface area contributed by atoms with Crippen LogP contribution >= 0.6 is 24.0 Å². The van der Waals surface area contributed by atoms with E-state index < -0.39 is 23.4 Å². The molecule has 2 amide bonds. The molecule has 0 saturated carbocycles. The van der Waals surface area contributed by atoms with Gasteiger partial charge in [-0.3, -0.25) is 15.0 Å². The first kappa shape index (κ1) is 16.3. The molecule has 1 aliphatic heterocycles. The van der Waals surface area contributed by atoms with E-state index in [0.29, 0.717) is 5.76 Å². The first-order valence-corrected chi connectivity index (χ1v) is 7.75. The second kappa shape index (κ2) is 6.54. The minimum Gasteiger partial charge on any atom is -0.465 e. The lowest BCUT2D eigenvalue weighted by atomic mass is 10.2. The molecule has 2 aromatic rings. The smallest absolute Gasteiger partial charge is 0.285 e. The molecule has 9 heteroatoms. The number of hydrazine groups is 1. The molecule has 122 valence electrons. The van der Waals surface area contributed by atoms with Crippen LogP contribution in [-0.4, -0.2) is 21.1 Å². The summed E-state index contributed by atoms with van der Waals surface area (Å²) in [4.78, 5) is 24.6. The quantitative estimate of drug-likeness (QED) is 0.668. The van der Waals surface area contributed by atoms with Gasteiger partial charge in [0.1, 0.15) is 5.76 Å². The van der Waals surface area contributed by atoms with Crippen LogP contribution in [0.3, 0.4) is 0 Å². The van der Waals surface area contributed by atoms with E-state index in [0.717, 1.165) is 35.0 Å². The van der Waals surface area contributed by atoms with Crippen molar-refractivity contribution in [2.24, 2.45) is 0 Å². The lowest BCUT2D eigenvalue weighted by molar-refractivity contribution is -0.123. The van der Waals surface area contributed by atoms with Gasteiger partial charge in [0.05, 0.1) is 11.2 Å². The monoisotopic (exact) mass is 366 g/mol. The molecule has 1 aromatic heterocycles. The molecular weight excluding hydrogens is 358 g/mol. The summed E-state index contributed by atoms with van der Waals surface area (Å²) in [7, 11) is 0. The summed E-state index contributed by atoms with van der Waals surface area (Å²) in [6.45, 7) is 0. The summed E-state index contributed by atoms with van der Waals surface area (Å²) in [5.41, 5.74) is 2.13. The van der Waals surface area contributed by atoms with E-state index in [1.807, 2.05) is 0 Å². The zero-order chi connectivity index (χ0) is 17.3. The average Bonchev–Trinajstić information content (AvgIpc) is 3.14. The number of nitrogens with zero attached hydrogens (tertiary/aromatic N) is 1. The zero-order valence-electron chi connectivity index (χ0n) is 11.8. The number of rotatable bonds is 3. The Labute approximate surface area is 144 Å². The SMILES string of the molecule is O=C(NN1C(=O)C(=Cc2ccco2)SC1=S)c1ccc(F)c(F)c1. The van der Waals surface area contributed by atoms with Gasteiger partial charge in [0.2, 0.25) is 0 Å². The van der Waals surface area contributed by atoms with Crippen molar-refractivity contribution in [2.45, 2.75) is 0 Å². The number of carbonyl (C=O) groups excluding carboxylic acids is 2. The van der Waals surface area contributed by atoms with E-state index >= 15 is 0 Å². The minimum absolute atomic E-state index is 0.105. The van der Waals surface area contributed by atoms with Crippen LogP contribution in [0, 0.1) is 11.6 Å². The zero-order valence-corrected chi connectivity index (χ0v) is 13.4. The molecule has 1 fully saturated rings. The maximum absolute atomic E-state index is 13.2. The van der Waals surface area contributed by atoms with Crippen LogP contribution in [0.25, 0.3) is 6.08 Å². The summed E-state index contributed by atoms with van der Waals surface area (Å²) >= 11 is 6.04. The van der Waals surface area contributed by atoms with E-state index in [-0.39, 0.29) is 14.8 Å². The van der Waals surface area contributed by atoms with Crippen molar-refractivity contribution in [3.8, 4) is 0 Å². The van der Waals surface area contributed by atoms with Crippen molar-refractivity contribution < 1.29 is 22.8 Å². The molecule has 0 spiro atoms. The Morgan fingerprint density at radius 3 is 2.75 bits per heavy atom. The summed E-state index contributed by atoms with van der Waals surface area (Å²) in [5, 5.41) is 0.873. The molecule has 1 aliphatic rings. The Kier molecular flexibility index (Phi) is 4.45. The highest BCUT2D eigenvalue weighted by Gasteiger charge is 2.34. The highest BCUT2D eigenvalue weighted by atomic mass is 32.2. The van der Waals surface area contributed by atoms with Crippen LogP contribution in [0.4, 0.5) is 8.78 Å². The Bertz CT molecular complexity index is 866. The Morgan fingerprint density at radius 1 is 1.29 bits per heavy atom. The van der Waals surface area contributed by atoms with Crippen LogP contribution in [0.15, 0.2) is 45.9 Å². The summed E-state index contributed by atoms with van der Waals surface area (Å²) in [6.07, 6.45) is 2.94.